The summed E-state index contributed by atoms with van der Waals surface area (Å²) in [5.74, 6) is 0.0842. The van der Waals surface area contributed by atoms with Gasteiger partial charge in [0, 0.05) is 13.1 Å². The molecule has 78 valence electrons. The van der Waals surface area contributed by atoms with Crippen LogP contribution < -0.4 is 10.6 Å². The highest BCUT2D eigenvalue weighted by molar-refractivity contribution is 6.04. The second-order valence-electron chi connectivity index (χ2n) is 4.19. The molecular weight excluding hydrogens is 182 g/mol. The first-order valence-corrected chi connectivity index (χ1v) is 4.95. The van der Waals surface area contributed by atoms with E-state index in [1.165, 1.54) is 4.90 Å². The maximum atomic E-state index is 11.8. The van der Waals surface area contributed by atoms with Gasteiger partial charge in [-0.3, -0.25) is 9.69 Å². The van der Waals surface area contributed by atoms with Gasteiger partial charge in [-0.15, -0.1) is 0 Å². The monoisotopic (exact) mass is 197 g/mol. The molecule has 2 rings (SSSR count). The van der Waals surface area contributed by atoms with Gasteiger partial charge in [0.1, 0.15) is 6.04 Å². The largest absolute Gasteiger partial charge is 0.326 e. The SMILES string of the molecule is CC(C)[C@H]1NC(=O)N(C2CNC2)C1=O. The molecule has 2 saturated heterocycles. The van der Waals surface area contributed by atoms with Crippen LogP contribution in [0.25, 0.3) is 0 Å². The lowest BCUT2D eigenvalue weighted by atomic mass is 10.0. The minimum atomic E-state index is -0.330. The number of urea groups is 1. The van der Waals surface area contributed by atoms with Crippen LogP contribution in [0.5, 0.6) is 0 Å². The topological polar surface area (TPSA) is 61.4 Å². The van der Waals surface area contributed by atoms with Gasteiger partial charge < -0.3 is 10.6 Å². The number of amides is 3. The van der Waals surface area contributed by atoms with Gasteiger partial charge in [0.25, 0.3) is 5.91 Å². The minimum Gasteiger partial charge on any atom is -0.326 e. The summed E-state index contributed by atoms with van der Waals surface area (Å²) in [5.41, 5.74) is 0. The molecule has 5 nitrogen and oxygen atoms in total. The van der Waals surface area contributed by atoms with Crippen molar-refractivity contribution in [2.24, 2.45) is 5.92 Å². The standard InChI is InChI=1S/C9H15N3O2/c1-5(2)7-8(13)12(9(14)11-7)6-3-10-4-6/h5-7,10H,3-4H2,1-2H3,(H,11,14)/t7-/m1/s1. The summed E-state index contributed by atoms with van der Waals surface area (Å²) in [6.45, 7) is 5.32. The van der Waals surface area contributed by atoms with Gasteiger partial charge >= 0.3 is 6.03 Å². The van der Waals surface area contributed by atoms with Crippen molar-refractivity contribution in [1.82, 2.24) is 15.5 Å². The van der Waals surface area contributed by atoms with Crippen LogP contribution in [0.15, 0.2) is 0 Å². The minimum absolute atomic E-state index is 0.0613. The Kier molecular flexibility index (Phi) is 2.19. The van der Waals surface area contributed by atoms with E-state index in [1.807, 2.05) is 13.8 Å². The highest BCUT2D eigenvalue weighted by atomic mass is 16.2. The molecule has 14 heavy (non-hydrogen) atoms. The zero-order valence-electron chi connectivity index (χ0n) is 8.41. The van der Waals surface area contributed by atoms with E-state index in [2.05, 4.69) is 10.6 Å². The van der Waals surface area contributed by atoms with Crippen LogP contribution in [-0.4, -0.2) is 42.0 Å². The van der Waals surface area contributed by atoms with E-state index in [4.69, 9.17) is 0 Å². The summed E-state index contributed by atoms with van der Waals surface area (Å²) in [6, 6.07) is -0.505. The third kappa shape index (κ3) is 1.28. The van der Waals surface area contributed by atoms with Crippen molar-refractivity contribution in [3.8, 4) is 0 Å². The molecule has 0 aliphatic carbocycles. The summed E-state index contributed by atoms with van der Waals surface area (Å²) < 4.78 is 0. The van der Waals surface area contributed by atoms with E-state index < -0.39 is 0 Å². The molecule has 2 fully saturated rings. The molecular formula is C9H15N3O2. The fourth-order valence-electron chi connectivity index (χ4n) is 1.77. The molecule has 3 amide bonds. The van der Waals surface area contributed by atoms with E-state index in [-0.39, 0.29) is 29.9 Å². The first-order chi connectivity index (χ1) is 6.61. The van der Waals surface area contributed by atoms with Crippen LogP contribution in [0.2, 0.25) is 0 Å². The fourth-order valence-corrected chi connectivity index (χ4v) is 1.77. The second-order valence-corrected chi connectivity index (χ2v) is 4.19. The number of nitrogens with zero attached hydrogens (tertiary/aromatic N) is 1. The van der Waals surface area contributed by atoms with Crippen LogP contribution in [0.1, 0.15) is 13.8 Å². The third-order valence-electron chi connectivity index (χ3n) is 2.79. The van der Waals surface area contributed by atoms with Crippen LogP contribution in [0.3, 0.4) is 0 Å². The van der Waals surface area contributed by atoms with Crippen LogP contribution in [0.4, 0.5) is 4.79 Å². The summed E-state index contributed by atoms with van der Waals surface area (Å²) in [7, 11) is 0. The molecule has 0 bridgehead atoms. The van der Waals surface area contributed by atoms with Gasteiger partial charge in [0.15, 0.2) is 0 Å². The van der Waals surface area contributed by atoms with Crippen LogP contribution >= 0.6 is 0 Å². The average Bonchev–Trinajstić information content (AvgIpc) is 2.29. The first kappa shape index (κ1) is 9.45. The Morgan fingerprint density at radius 1 is 1.36 bits per heavy atom. The average molecular weight is 197 g/mol. The molecule has 0 aromatic heterocycles. The molecule has 0 aromatic rings. The smallest absolute Gasteiger partial charge is 0.325 e. The fraction of sp³-hybridized carbons (Fsp3) is 0.778. The molecule has 1 atom stereocenters. The Balaban J connectivity index is 2.11. The van der Waals surface area contributed by atoms with E-state index in [0.717, 1.165) is 13.1 Å². The van der Waals surface area contributed by atoms with E-state index in [9.17, 15) is 9.59 Å². The molecule has 0 radical (unpaired) electrons. The van der Waals surface area contributed by atoms with Gasteiger partial charge in [-0.25, -0.2) is 4.79 Å². The van der Waals surface area contributed by atoms with E-state index in [0.29, 0.717) is 0 Å². The number of carbonyl (C=O) groups excluding carboxylic acids is 2. The molecule has 0 unspecified atom stereocenters. The Labute approximate surface area is 82.8 Å². The van der Waals surface area contributed by atoms with E-state index in [1.54, 1.807) is 0 Å². The molecule has 2 aliphatic rings. The van der Waals surface area contributed by atoms with Crippen molar-refractivity contribution in [3.63, 3.8) is 0 Å². The van der Waals surface area contributed by atoms with Crippen molar-refractivity contribution in [3.05, 3.63) is 0 Å². The third-order valence-corrected chi connectivity index (χ3v) is 2.79. The maximum absolute atomic E-state index is 11.8. The Morgan fingerprint density at radius 2 is 2.00 bits per heavy atom. The zero-order chi connectivity index (χ0) is 10.3. The Hall–Kier alpha value is -1.10. The maximum Gasteiger partial charge on any atom is 0.325 e. The lowest BCUT2D eigenvalue weighted by molar-refractivity contribution is -0.130. The summed E-state index contributed by atoms with van der Waals surface area (Å²) in [4.78, 5) is 24.7. The number of hydrogen-bond acceptors (Lipinski definition) is 3. The molecule has 0 saturated carbocycles. The highest BCUT2D eigenvalue weighted by Crippen LogP contribution is 2.17. The zero-order valence-corrected chi connectivity index (χ0v) is 8.41. The number of imide groups is 1. The van der Waals surface area contributed by atoms with Gasteiger partial charge in [-0.2, -0.15) is 0 Å². The first-order valence-electron chi connectivity index (χ1n) is 4.95. The summed E-state index contributed by atoms with van der Waals surface area (Å²) >= 11 is 0. The van der Waals surface area contributed by atoms with Crippen molar-refractivity contribution in [2.45, 2.75) is 25.9 Å². The van der Waals surface area contributed by atoms with Gasteiger partial charge in [-0.1, -0.05) is 13.8 Å². The van der Waals surface area contributed by atoms with Gasteiger partial charge in [0.2, 0.25) is 0 Å². The molecule has 2 aliphatic heterocycles. The molecule has 2 heterocycles. The normalized spacial score (nSPS) is 28.2. The van der Waals surface area contributed by atoms with Gasteiger partial charge in [0.05, 0.1) is 6.04 Å². The number of rotatable bonds is 2. The lowest BCUT2D eigenvalue weighted by Crippen LogP contribution is -2.59. The Morgan fingerprint density at radius 3 is 2.36 bits per heavy atom. The predicted molar refractivity (Wildman–Crippen MR) is 50.7 cm³/mol. The van der Waals surface area contributed by atoms with E-state index >= 15 is 0 Å². The molecule has 5 heteroatoms. The number of carbonyl (C=O) groups is 2. The molecule has 2 N–H and O–H groups in total. The second kappa shape index (κ2) is 3.24. The van der Waals surface area contributed by atoms with Crippen LogP contribution in [-0.2, 0) is 4.79 Å². The van der Waals surface area contributed by atoms with Crippen molar-refractivity contribution < 1.29 is 9.59 Å². The van der Waals surface area contributed by atoms with Crippen molar-refractivity contribution in [2.75, 3.05) is 13.1 Å². The molecule has 0 spiro atoms. The quantitative estimate of drug-likeness (QED) is 0.589. The Bertz CT molecular complexity index is 273. The number of hydrogen-bond donors (Lipinski definition) is 2. The lowest BCUT2D eigenvalue weighted by Gasteiger charge is -2.33. The number of nitrogens with one attached hydrogen (secondary N) is 2. The van der Waals surface area contributed by atoms with Crippen molar-refractivity contribution in [1.29, 1.82) is 0 Å². The van der Waals surface area contributed by atoms with Gasteiger partial charge in [-0.05, 0) is 5.92 Å². The van der Waals surface area contributed by atoms with Crippen molar-refractivity contribution >= 4 is 11.9 Å². The van der Waals surface area contributed by atoms with Crippen LogP contribution in [0, 0.1) is 5.92 Å². The summed E-state index contributed by atoms with van der Waals surface area (Å²) in [6.07, 6.45) is 0. The molecule has 0 aromatic carbocycles. The predicted octanol–water partition coefficient (Wildman–Crippen LogP) is -0.465. The highest BCUT2D eigenvalue weighted by Gasteiger charge is 2.44. The summed E-state index contributed by atoms with van der Waals surface area (Å²) in [5, 5.41) is 5.76.